The molecule has 2 atom stereocenters. The molecular formula is C15H26N2O2. The quantitative estimate of drug-likeness (QED) is 0.735. The summed E-state index contributed by atoms with van der Waals surface area (Å²) >= 11 is 0. The zero-order valence-electron chi connectivity index (χ0n) is 11.9. The van der Waals surface area contributed by atoms with Crippen molar-refractivity contribution in [3.63, 3.8) is 0 Å². The molecule has 3 fully saturated rings. The van der Waals surface area contributed by atoms with Crippen molar-refractivity contribution in [1.82, 2.24) is 10.2 Å². The molecule has 4 nitrogen and oxygen atoms in total. The highest BCUT2D eigenvalue weighted by molar-refractivity contribution is 5.72. The van der Waals surface area contributed by atoms with Gasteiger partial charge in [-0.2, -0.15) is 0 Å². The maximum atomic E-state index is 11.8. The van der Waals surface area contributed by atoms with Crippen molar-refractivity contribution in [3.05, 3.63) is 0 Å². The van der Waals surface area contributed by atoms with Gasteiger partial charge in [-0.1, -0.05) is 0 Å². The molecule has 0 aromatic heterocycles. The zero-order chi connectivity index (χ0) is 13.2. The third-order valence-corrected chi connectivity index (χ3v) is 4.67. The van der Waals surface area contributed by atoms with E-state index in [-0.39, 0.29) is 11.9 Å². The Balaban J connectivity index is 1.53. The number of carbonyl (C=O) groups excluding carboxylic acids is 1. The highest BCUT2D eigenvalue weighted by Crippen LogP contribution is 2.32. The molecule has 2 aliphatic carbocycles. The maximum Gasteiger partial charge on any atom is 0.310 e. The van der Waals surface area contributed by atoms with Gasteiger partial charge >= 0.3 is 5.97 Å². The van der Waals surface area contributed by atoms with E-state index in [0.717, 1.165) is 37.9 Å². The number of hydrogen-bond donors (Lipinski definition) is 1. The van der Waals surface area contributed by atoms with Gasteiger partial charge in [0.15, 0.2) is 0 Å². The van der Waals surface area contributed by atoms with E-state index >= 15 is 0 Å². The lowest BCUT2D eigenvalue weighted by atomic mass is 9.94. The number of methoxy groups -OCH3 is 1. The third kappa shape index (κ3) is 3.93. The molecule has 4 heteroatoms. The second-order valence-electron chi connectivity index (χ2n) is 6.67. The molecule has 108 valence electrons. The fourth-order valence-electron chi connectivity index (χ4n) is 3.15. The van der Waals surface area contributed by atoms with Crippen LogP contribution in [0.1, 0.15) is 32.1 Å². The number of hydrogen-bond acceptors (Lipinski definition) is 4. The lowest BCUT2D eigenvalue weighted by Crippen LogP contribution is -2.52. The number of ether oxygens (including phenoxy) is 1. The second kappa shape index (κ2) is 5.80. The second-order valence-corrected chi connectivity index (χ2v) is 6.67. The van der Waals surface area contributed by atoms with Crippen molar-refractivity contribution in [2.45, 2.75) is 38.1 Å². The molecule has 0 radical (unpaired) electrons. The molecule has 19 heavy (non-hydrogen) atoms. The van der Waals surface area contributed by atoms with Gasteiger partial charge in [0.25, 0.3) is 0 Å². The number of piperidine rings is 1. The number of rotatable bonds is 6. The van der Waals surface area contributed by atoms with E-state index in [1.807, 2.05) is 0 Å². The molecule has 0 bridgehead atoms. The lowest BCUT2D eigenvalue weighted by molar-refractivity contribution is -0.147. The summed E-state index contributed by atoms with van der Waals surface area (Å²) < 4.78 is 4.95. The molecule has 1 heterocycles. The normalized spacial score (nSPS) is 32.3. The van der Waals surface area contributed by atoms with E-state index in [9.17, 15) is 4.79 Å². The van der Waals surface area contributed by atoms with Crippen LogP contribution in [0, 0.1) is 17.8 Å². The molecule has 2 saturated carbocycles. The van der Waals surface area contributed by atoms with Crippen LogP contribution < -0.4 is 5.32 Å². The van der Waals surface area contributed by atoms with Crippen molar-refractivity contribution in [2.75, 3.05) is 33.3 Å². The van der Waals surface area contributed by atoms with Crippen LogP contribution in [0.5, 0.6) is 0 Å². The summed E-state index contributed by atoms with van der Waals surface area (Å²) in [6, 6.07) is 0.470. The van der Waals surface area contributed by atoms with Crippen molar-refractivity contribution in [3.8, 4) is 0 Å². The van der Waals surface area contributed by atoms with Gasteiger partial charge in [-0.3, -0.25) is 4.79 Å². The minimum Gasteiger partial charge on any atom is -0.469 e. The first-order valence-corrected chi connectivity index (χ1v) is 7.78. The molecule has 1 saturated heterocycles. The minimum atomic E-state index is -0.0290. The summed E-state index contributed by atoms with van der Waals surface area (Å²) in [5, 5.41) is 3.67. The largest absolute Gasteiger partial charge is 0.469 e. The fourth-order valence-corrected chi connectivity index (χ4v) is 3.15. The Morgan fingerprint density at radius 3 is 2.58 bits per heavy atom. The first kappa shape index (κ1) is 13.4. The highest BCUT2D eigenvalue weighted by atomic mass is 16.5. The monoisotopic (exact) mass is 266 g/mol. The molecule has 3 aliphatic rings. The van der Waals surface area contributed by atoms with Crippen LogP contribution in [-0.4, -0.2) is 50.2 Å². The summed E-state index contributed by atoms with van der Waals surface area (Å²) in [6.45, 7) is 4.31. The molecule has 0 aromatic carbocycles. The Labute approximate surface area is 115 Å². The highest BCUT2D eigenvalue weighted by Gasteiger charge is 2.35. The van der Waals surface area contributed by atoms with Crippen molar-refractivity contribution >= 4 is 5.97 Å². The lowest BCUT2D eigenvalue weighted by Gasteiger charge is -2.37. The Kier molecular flexibility index (Phi) is 4.08. The van der Waals surface area contributed by atoms with Gasteiger partial charge in [-0.25, -0.2) is 0 Å². The van der Waals surface area contributed by atoms with Crippen LogP contribution >= 0.6 is 0 Å². The Hall–Kier alpha value is -0.610. The van der Waals surface area contributed by atoms with Crippen LogP contribution in [0.25, 0.3) is 0 Å². The van der Waals surface area contributed by atoms with Crippen LogP contribution in [0.4, 0.5) is 0 Å². The first-order valence-electron chi connectivity index (χ1n) is 7.78. The average Bonchev–Trinajstić information content (AvgIpc) is 3.29. The number of nitrogens with zero attached hydrogens (tertiary/aromatic N) is 1. The molecule has 0 spiro atoms. The van der Waals surface area contributed by atoms with Gasteiger partial charge in [-0.05, 0) is 50.5 Å². The van der Waals surface area contributed by atoms with Gasteiger partial charge in [0.2, 0.25) is 0 Å². The smallest absolute Gasteiger partial charge is 0.310 e. The van der Waals surface area contributed by atoms with E-state index in [1.165, 1.54) is 39.3 Å². The molecule has 0 aromatic rings. The Morgan fingerprint density at radius 1 is 1.21 bits per heavy atom. The van der Waals surface area contributed by atoms with Gasteiger partial charge in [0.1, 0.15) is 0 Å². The molecule has 0 amide bonds. The molecule has 1 aliphatic heterocycles. The van der Waals surface area contributed by atoms with Crippen LogP contribution in [0.3, 0.4) is 0 Å². The fraction of sp³-hybridized carbons (Fsp3) is 0.933. The van der Waals surface area contributed by atoms with E-state index < -0.39 is 0 Å². The average molecular weight is 266 g/mol. The Bertz CT molecular complexity index is 326. The number of carbonyl (C=O) groups is 1. The zero-order valence-corrected chi connectivity index (χ0v) is 11.9. The van der Waals surface area contributed by atoms with Gasteiger partial charge in [0.05, 0.1) is 13.0 Å². The minimum absolute atomic E-state index is 0.0290. The van der Waals surface area contributed by atoms with Crippen molar-refractivity contribution in [2.24, 2.45) is 17.8 Å². The first-order chi connectivity index (χ1) is 9.24. The Morgan fingerprint density at radius 2 is 1.95 bits per heavy atom. The van der Waals surface area contributed by atoms with E-state index in [2.05, 4.69) is 10.2 Å². The van der Waals surface area contributed by atoms with Gasteiger partial charge < -0.3 is 15.0 Å². The third-order valence-electron chi connectivity index (χ3n) is 4.67. The van der Waals surface area contributed by atoms with E-state index in [0.29, 0.717) is 6.04 Å². The summed E-state index contributed by atoms with van der Waals surface area (Å²) in [5.74, 6) is 1.82. The molecular weight excluding hydrogens is 240 g/mol. The van der Waals surface area contributed by atoms with Crippen LogP contribution in [0.2, 0.25) is 0 Å². The van der Waals surface area contributed by atoms with E-state index in [4.69, 9.17) is 4.74 Å². The summed E-state index contributed by atoms with van der Waals surface area (Å²) in [5.41, 5.74) is 0. The molecule has 2 unspecified atom stereocenters. The van der Waals surface area contributed by atoms with Crippen LogP contribution in [-0.2, 0) is 9.53 Å². The number of esters is 1. The summed E-state index contributed by atoms with van der Waals surface area (Å²) in [7, 11) is 1.51. The summed E-state index contributed by atoms with van der Waals surface area (Å²) in [6.07, 6.45) is 6.46. The topological polar surface area (TPSA) is 41.6 Å². The van der Waals surface area contributed by atoms with Crippen LogP contribution in [0.15, 0.2) is 0 Å². The molecule has 1 N–H and O–H groups in total. The van der Waals surface area contributed by atoms with E-state index in [1.54, 1.807) is 0 Å². The van der Waals surface area contributed by atoms with Gasteiger partial charge in [-0.15, -0.1) is 0 Å². The standard InChI is InChI=1S/C15H26N2O2/c1-19-15(18)13-6-14(16-7-11-2-3-11)10-17(9-13)8-12-4-5-12/h11-14,16H,2-10H2,1H3. The van der Waals surface area contributed by atoms with Crippen molar-refractivity contribution in [1.29, 1.82) is 0 Å². The predicted octanol–water partition coefficient (Wildman–Crippen LogP) is 1.26. The number of nitrogens with one attached hydrogen (secondary N) is 1. The maximum absolute atomic E-state index is 11.8. The SMILES string of the molecule is COC(=O)C1CC(NCC2CC2)CN(CC2CC2)C1. The summed E-state index contributed by atoms with van der Waals surface area (Å²) in [4.78, 5) is 14.3. The van der Waals surface area contributed by atoms with Gasteiger partial charge in [0, 0.05) is 25.7 Å². The number of likely N-dealkylation sites (tertiary alicyclic amines) is 1. The molecule has 3 rings (SSSR count). The predicted molar refractivity (Wildman–Crippen MR) is 73.8 cm³/mol. The van der Waals surface area contributed by atoms with Crippen molar-refractivity contribution < 1.29 is 9.53 Å².